The largest absolute Gasteiger partial charge is 0.378 e. The molecule has 188 valence electrons. The van der Waals surface area contributed by atoms with Gasteiger partial charge in [0.15, 0.2) is 0 Å². The van der Waals surface area contributed by atoms with E-state index in [9.17, 15) is 14.4 Å². The average Bonchev–Trinajstić information content (AvgIpc) is 3.42. The molecule has 1 aliphatic rings. The van der Waals surface area contributed by atoms with Crippen LogP contribution in [0, 0.1) is 6.92 Å². The molecule has 0 radical (unpaired) electrons. The minimum atomic E-state index is -0.342. The van der Waals surface area contributed by atoms with Gasteiger partial charge in [0.1, 0.15) is 0 Å². The summed E-state index contributed by atoms with van der Waals surface area (Å²) in [5.41, 5.74) is 6.06. The van der Waals surface area contributed by atoms with Crippen LogP contribution in [-0.2, 0) is 4.79 Å². The summed E-state index contributed by atoms with van der Waals surface area (Å²) in [6.45, 7) is 2.32. The first-order chi connectivity index (χ1) is 17.8. The third-order valence-electron chi connectivity index (χ3n) is 7.00. The SMILES string of the molecule is Cc1ccc2c(c1)C(=O)N(CCC(=O)NCC(c1ccc(N(C)C)cc1)c1c[nH]c3ccccc13)C2=O. The summed E-state index contributed by atoms with van der Waals surface area (Å²) in [4.78, 5) is 44.9. The quantitative estimate of drug-likeness (QED) is 0.354. The molecule has 1 aromatic heterocycles. The summed E-state index contributed by atoms with van der Waals surface area (Å²) in [5, 5.41) is 4.15. The molecular formula is C30H30N4O3. The third-order valence-corrected chi connectivity index (χ3v) is 7.00. The van der Waals surface area contributed by atoms with Crippen molar-refractivity contribution in [2.75, 3.05) is 32.1 Å². The zero-order valence-corrected chi connectivity index (χ0v) is 21.2. The van der Waals surface area contributed by atoms with Crippen molar-refractivity contribution in [3.05, 3.63) is 101 Å². The van der Waals surface area contributed by atoms with Gasteiger partial charge >= 0.3 is 0 Å². The molecule has 0 saturated carbocycles. The number of carbonyl (C=O) groups excluding carboxylic acids is 3. The standard InChI is InChI=1S/C30H30N4O3/c1-19-8-13-23-24(16-19)30(37)34(29(23)36)15-14-28(35)32-17-25(20-9-11-21(12-10-20)33(2)3)26-18-31-27-7-5-4-6-22(26)27/h4-13,16,18,25,31H,14-15,17H2,1-3H3,(H,32,35). The maximum absolute atomic E-state index is 12.9. The van der Waals surface area contributed by atoms with Gasteiger partial charge in [0.2, 0.25) is 5.91 Å². The second-order valence-electron chi connectivity index (χ2n) is 9.69. The zero-order chi connectivity index (χ0) is 26.1. The van der Waals surface area contributed by atoms with Crippen LogP contribution in [0.15, 0.2) is 72.9 Å². The van der Waals surface area contributed by atoms with Crippen LogP contribution in [0.2, 0.25) is 0 Å². The van der Waals surface area contributed by atoms with Crippen LogP contribution >= 0.6 is 0 Å². The van der Waals surface area contributed by atoms with Crippen LogP contribution in [0.1, 0.15) is 49.7 Å². The van der Waals surface area contributed by atoms with E-state index in [1.807, 2.05) is 56.4 Å². The Hall–Kier alpha value is -4.39. The monoisotopic (exact) mass is 494 g/mol. The first kappa shape index (κ1) is 24.3. The van der Waals surface area contributed by atoms with Gasteiger partial charge in [0, 0.05) is 62.3 Å². The highest BCUT2D eigenvalue weighted by Crippen LogP contribution is 2.31. The molecule has 0 bridgehead atoms. The number of rotatable bonds is 8. The molecule has 3 aromatic carbocycles. The van der Waals surface area contributed by atoms with Crippen LogP contribution in [0.4, 0.5) is 5.69 Å². The fourth-order valence-electron chi connectivity index (χ4n) is 4.92. The van der Waals surface area contributed by atoms with Crippen molar-refractivity contribution >= 4 is 34.3 Å². The Kier molecular flexibility index (Phi) is 6.53. The van der Waals surface area contributed by atoms with E-state index in [-0.39, 0.29) is 36.6 Å². The molecule has 0 fully saturated rings. The second kappa shape index (κ2) is 9.93. The van der Waals surface area contributed by atoms with E-state index in [4.69, 9.17) is 0 Å². The molecule has 2 N–H and O–H groups in total. The van der Waals surface area contributed by atoms with Crippen molar-refractivity contribution in [2.45, 2.75) is 19.3 Å². The number of fused-ring (bicyclic) bond motifs is 2. The number of aromatic amines is 1. The lowest BCUT2D eigenvalue weighted by Crippen LogP contribution is -2.35. The number of aryl methyl sites for hydroxylation is 1. The van der Waals surface area contributed by atoms with E-state index in [0.717, 1.165) is 33.3 Å². The molecule has 0 spiro atoms. The molecule has 7 nitrogen and oxygen atoms in total. The van der Waals surface area contributed by atoms with Gasteiger partial charge in [-0.1, -0.05) is 42.0 Å². The van der Waals surface area contributed by atoms with Crippen molar-refractivity contribution in [2.24, 2.45) is 0 Å². The second-order valence-corrected chi connectivity index (χ2v) is 9.69. The maximum atomic E-state index is 12.9. The van der Waals surface area contributed by atoms with E-state index in [0.29, 0.717) is 17.7 Å². The van der Waals surface area contributed by atoms with Crippen LogP contribution in [0.3, 0.4) is 0 Å². The number of nitrogens with zero attached hydrogens (tertiary/aromatic N) is 2. The lowest BCUT2D eigenvalue weighted by atomic mass is 9.90. The van der Waals surface area contributed by atoms with Crippen LogP contribution < -0.4 is 10.2 Å². The summed E-state index contributed by atoms with van der Waals surface area (Å²) >= 11 is 0. The fourth-order valence-corrected chi connectivity index (χ4v) is 4.92. The number of amides is 3. The Morgan fingerprint density at radius 3 is 2.46 bits per heavy atom. The number of hydrogen-bond donors (Lipinski definition) is 2. The molecule has 2 heterocycles. The summed E-state index contributed by atoms with van der Waals surface area (Å²) in [5.74, 6) is -0.958. The van der Waals surface area contributed by atoms with Gasteiger partial charge in [-0.3, -0.25) is 19.3 Å². The number of aromatic nitrogens is 1. The smallest absolute Gasteiger partial charge is 0.261 e. The van der Waals surface area contributed by atoms with Gasteiger partial charge in [0.05, 0.1) is 11.1 Å². The van der Waals surface area contributed by atoms with Gasteiger partial charge in [-0.2, -0.15) is 0 Å². The van der Waals surface area contributed by atoms with E-state index in [2.05, 4.69) is 40.6 Å². The number of hydrogen-bond acceptors (Lipinski definition) is 4. The van der Waals surface area contributed by atoms with E-state index < -0.39 is 0 Å². The summed E-state index contributed by atoms with van der Waals surface area (Å²) in [6.07, 6.45) is 2.05. The Morgan fingerprint density at radius 2 is 1.70 bits per heavy atom. The molecular weight excluding hydrogens is 464 g/mol. The molecule has 37 heavy (non-hydrogen) atoms. The number of carbonyl (C=O) groups is 3. The van der Waals surface area contributed by atoms with E-state index >= 15 is 0 Å². The van der Waals surface area contributed by atoms with Crippen molar-refractivity contribution in [3.8, 4) is 0 Å². The predicted octanol–water partition coefficient (Wildman–Crippen LogP) is 4.48. The number of anilines is 1. The van der Waals surface area contributed by atoms with Gasteiger partial charge < -0.3 is 15.2 Å². The highest BCUT2D eigenvalue weighted by molar-refractivity contribution is 6.21. The van der Waals surface area contributed by atoms with Gasteiger partial charge in [-0.25, -0.2) is 0 Å². The van der Waals surface area contributed by atoms with Crippen LogP contribution in [0.5, 0.6) is 0 Å². The minimum absolute atomic E-state index is 0.0463. The molecule has 4 aromatic rings. The van der Waals surface area contributed by atoms with Crippen LogP contribution in [-0.4, -0.2) is 54.8 Å². The highest BCUT2D eigenvalue weighted by atomic mass is 16.2. The fraction of sp³-hybridized carbons (Fsp3) is 0.233. The van der Waals surface area contributed by atoms with E-state index in [1.54, 1.807) is 12.1 Å². The van der Waals surface area contributed by atoms with Crippen molar-refractivity contribution < 1.29 is 14.4 Å². The summed E-state index contributed by atoms with van der Waals surface area (Å²) in [7, 11) is 4.00. The van der Waals surface area contributed by atoms with Gasteiger partial charge in [-0.15, -0.1) is 0 Å². The number of para-hydroxylation sites is 1. The summed E-state index contributed by atoms with van der Waals surface area (Å²) in [6, 6.07) is 21.7. The minimum Gasteiger partial charge on any atom is -0.378 e. The molecule has 1 atom stereocenters. The Labute approximate surface area is 216 Å². The Bertz CT molecular complexity index is 1490. The number of nitrogens with one attached hydrogen (secondary N) is 2. The van der Waals surface area contributed by atoms with E-state index in [1.165, 1.54) is 4.90 Å². The normalized spacial score (nSPS) is 13.6. The number of H-pyrrole nitrogens is 1. The molecule has 1 aliphatic heterocycles. The van der Waals surface area contributed by atoms with Crippen molar-refractivity contribution in [1.29, 1.82) is 0 Å². The lowest BCUT2D eigenvalue weighted by molar-refractivity contribution is -0.121. The molecule has 5 rings (SSSR count). The Balaban J connectivity index is 1.30. The van der Waals surface area contributed by atoms with Gasteiger partial charge in [0.25, 0.3) is 11.8 Å². The summed E-state index contributed by atoms with van der Waals surface area (Å²) < 4.78 is 0. The van der Waals surface area contributed by atoms with Crippen molar-refractivity contribution in [3.63, 3.8) is 0 Å². The molecule has 0 saturated heterocycles. The number of imide groups is 1. The third kappa shape index (κ3) is 4.72. The molecule has 1 unspecified atom stereocenters. The first-order valence-electron chi connectivity index (χ1n) is 12.4. The Morgan fingerprint density at radius 1 is 0.973 bits per heavy atom. The lowest BCUT2D eigenvalue weighted by Gasteiger charge is -2.20. The highest BCUT2D eigenvalue weighted by Gasteiger charge is 2.35. The average molecular weight is 495 g/mol. The van der Waals surface area contributed by atoms with Crippen LogP contribution in [0.25, 0.3) is 10.9 Å². The van der Waals surface area contributed by atoms with Crippen molar-refractivity contribution in [1.82, 2.24) is 15.2 Å². The molecule has 0 aliphatic carbocycles. The zero-order valence-electron chi connectivity index (χ0n) is 21.2. The topological polar surface area (TPSA) is 85.5 Å². The predicted molar refractivity (Wildman–Crippen MR) is 145 cm³/mol. The molecule has 3 amide bonds. The van der Waals surface area contributed by atoms with Gasteiger partial charge in [-0.05, 0) is 48.4 Å². The number of benzene rings is 3. The molecule has 7 heteroatoms. The maximum Gasteiger partial charge on any atom is 0.261 e. The first-order valence-corrected chi connectivity index (χ1v) is 12.4.